The van der Waals surface area contributed by atoms with Crippen molar-refractivity contribution in [3.8, 4) is 5.88 Å². The minimum absolute atomic E-state index is 0.185. The Balaban J connectivity index is 1.72. The van der Waals surface area contributed by atoms with E-state index in [1.54, 1.807) is 4.68 Å². The predicted octanol–water partition coefficient (Wildman–Crippen LogP) is 2.27. The monoisotopic (exact) mass is 322 g/mol. The molecule has 3 rings (SSSR count). The highest BCUT2D eigenvalue weighted by molar-refractivity contribution is 5.94. The van der Waals surface area contributed by atoms with E-state index in [4.69, 9.17) is 4.74 Å². The molecule has 0 saturated heterocycles. The first-order valence-electron chi connectivity index (χ1n) is 7.61. The minimum Gasteiger partial charge on any atom is -0.479 e. The number of aromatic nitrogens is 3. The average molecular weight is 322 g/mol. The fourth-order valence-electron chi connectivity index (χ4n) is 2.37. The number of hydrogen-bond donors (Lipinski definition) is 1. The number of nitrogens with one attached hydrogen (secondary N) is 1. The van der Waals surface area contributed by atoms with Gasteiger partial charge in [0, 0.05) is 6.54 Å². The third kappa shape index (κ3) is 3.60. The molecule has 1 N–H and O–H groups in total. The maximum Gasteiger partial charge on any atom is 0.277 e. The lowest BCUT2D eigenvalue weighted by Gasteiger charge is -2.07. The molecular formula is C18H18N4O2. The normalized spacial score (nSPS) is 10.4. The lowest BCUT2D eigenvalue weighted by atomic mass is 10.2. The van der Waals surface area contributed by atoms with Crippen molar-refractivity contribution in [1.82, 2.24) is 20.3 Å². The van der Waals surface area contributed by atoms with Crippen LogP contribution < -0.4 is 10.1 Å². The highest BCUT2D eigenvalue weighted by Gasteiger charge is 2.20. The summed E-state index contributed by atoms with van der Waals surface area (Å²) in [6, 6.07) is 19.5. The van der Waals surface area contributed by atoms with Gasteiger partial charge in [-0.15, -0.1) is 5.10 Å². The maximum absolute atomic E-state index is 12.4. The Morgan fingerprint density at radius 2 is 1.67 bits per heavy atom. The standard InChI is InChI=1S/C18H18N4O2/c1-24-18-16(17(23)19-12-14-8-4-2-5-9-14)20-21-22(18)13-15-10-6-3-7-11-15/h2-11H,12-13H2,1H3,(H,19,23). The molecule has 0 radical (unpaired) electrons. The van der Waals surface area contributed by atoms with E-state index in [9.17, 15) is 4.79 Å². The fraction of sp³-hybridized carbons (Fsp3) is 0.167. The number of hydrogen-bond acceptors (Lipinski definition) is 4. The second-order valence-corrected chi connectivity index (χ2v) is 5.26. The Morgan fingerprint density at radius 3 is 2.29 bits per heavy atom. The van der Waals surface area contributed by atoms with Gasteiger partial charge < -0.3 is 10.1 Å². The van der Waals surface area contributed by atoms with Gasteiger partial charge in [0.15, 0.2) is 0 Å². The topological polar surface area (TPSA) is 69.0 Å². The number of methoxy groups -OCH3 is 1. The zero-order valence-corrected chi connectivity index (χ0v) is 13.3. The van der Waals surface area contributed by atoms with Crippen molar-refractivity contribution >= 4 is 5.91 Å². The van der Waals surface area contributed by atoms with Gasteiger partial charge in [0.1, 0.15) is 0 Å². The number of carbonyl (C=O) groups excluding carboxylic acids is 1. The van der Waals surface area contributed by atoms with Crippen LogP contribution in [0.1, 0.15) is 21.6 Å². The molecule has 2 aromatic carbocycles. The van der Waals surface area contributed by atoms with Crippen LogP contribution in [0.25, 0.3) is 0 Å². The molecule has 1 amide bonds. The molecule has 0 saturated carbocycles. The maximum atomic E-state index is 12.4. The van der Waals surface area contributed by atoms with Crippen molar-refractivity contribution in [3.63, 3.8) is 0 Å². The molecule has 1 aromatic heterocycles. The zero-order chi connectivity index (χ0) is 16.8. The van der Waals surface area contributed by atoms with Gasteiger partial charge in [-0.1, -0.05) is 65.9 Å². The number of amides is 1. The Bertz CT molecular complexity index is 800. The first-order valence-corrected chi connectivity index (χ1v) is 7.61. The Hall–Kier alpha value is -3.15. The van der Waals surface area contributed by atoms with Gasteiger partial charge in [-0.3, -0.25) is 4.79 Å². The summed E-state index contributed by atoms with van der Waals surface area (Å²) in [6.07, 6.45) is 0. The van der Waals surface area contributed by atoms with E-state index in [1.165, 1.54) is 7.11 Å². The van der Waals surface area contributed by atoms with Gasteiger partial charge in [-0.25, -0.2) is 4.68 Å². The van der Waals surface area contributed by atoms with Gasteiger partial charge in [-0.2, -0.15) is 0 Å². The van der Waals surface area contributed by atoms with E-state index in [-0.39, 0.29) is 11.6 Å². The first kappa shape index (κ1) is 15.7. The van der Waals surface area contributed by atoms with Crippen molar-refractivity contribution in [2.24, 2.45) is 0 Å². The molecule has 0 unspecified atom stereocenters. The lowest BCUT2D eigenvalue weighted by molar-refractivity contribution is 0.0942. The van der Waals surface area contributed by atoms with Gasteiger partial charge in [-0.05, 0) is 11.1 Å². The quantitative estimate of drug-likeness (QED) is 0.756. The Labute approximate surface area is 140 Å². The van der Waals surface area contributed by atoms with Crippen molar-refractivity contribution in [2.45, 2.75) is 13.1 Å². The molecule has 0 fully saturated rings. The zero-order valence-electron chi connectivity index (χ0n) is 13.3. The smallest absolute Gasteiger partial charge is 0.277 e. The van der Waals surface area contributed by atoms with Crippen LogP contribution in [0, 0.1) is 0 Å². The molecule has 24 heavy (non-hydrogen) atoms. The number of benzene rings is 2. The molecular weight excluding hydrogens is 304 g/mol. The molecule has 0 spiro atoms. The van der Waals surface area contributed by atoms with Gasteiger partial charge in [0.05, 0.1) is 13.7 Å². The van der Waals surface area contributed by atoms with Crippen LogP contribution in [0.4, 0.5) is 0 Å². The van der Waals surface area contributed by atoms with Crippen molar-refractivity contribution in [1.29, 1.82) is 0 Å². The highest BCUT2D eigenvalue weighted by Crippen LogP contribution is 2.17. The molecule has 6 heteroatoms. The average Bonchev–Trinajstić information content (AvgIpc) is 3.04. The van der Waals surface area contributed by atoms with E-state index in [2.05, 4.69) is 15.6 Å². The third-order valence-electron chi connectivity index (χ3n) is 3.57. The molecule has 0 aliphatic rings. The first-order chi connectivity index (χ1) is 11.8. The molecule has 3 aromatic rings. The Kier molecular flexibility index (Phi) is 4.86. The molecule has 122 valence electrons. The van der Waals surface area contributed by atoms with Crippen LogP contribution >= 0.6 is 0 Å². The lowest BCUT2D eigenvalue weighted by Crippen LogP contribution is -2.23. The van der Waals surface area contributed by atoms with Crippen LogP contribution in [0.5, 0.6) is 5.88 Å². The van der Waals surface area contributed by atoms with E-state index in [1.807, 2.05) is 60.7 Å². The van der Waals surface area contributed by atoms with Crippen LogP contribution in [0.2, 0.25) is 0 Å². The summed E-state index contributed by atoms with van der Waals surface area (Å²) in [5.41, 5.74) is 2.25. The van der Waals surface area contributed by atoms with Gasteiger partial charge in [0.25, 0.3) is 5.91 Å². The number of carbonyl (C=O) groups is 1. The summed E-state index contributed by atoms with van der Waals surface area (Å²) >= 11 is 0. The summed E-state index contributed by atoms with van der Waals surface area (Å²) in [7, 11) is 1.51. The van der Waals surface area contributed by atoms with Crippen LogP contribution in [0.3, 0.4) is 0 Å². The minimum atomic E-state index is -0.310. The second-order valence-electron chi connectivity index (χ2n) is 5.26. The number of rotatable bonds is 6. The summed E-state index contributed by atoms with van der Waals surface area (Å²) in [4.78, 5) is 12.4. The number of nitrogens with zero attached hydrogens (tertiary/aromatic N) is 3. The molecule has 6 nitrogen and oxygen atoms in total. The van der Waals surface area contributed by atoms with Crippen LogP contribution in [0.15, 0.2) is 60.7 Å². The summed E-state index contributed by atoms with van der Waals surface area (Å²) < 4.78 is 6.92. The predicted molar refractivity (Wildman–Crippen MR) is 89.7 cm³/mol. The Morgan fingerprint density at radius 1 is 1.04 bits per heavy atom. The molecule has 0 bridgehead atoms. The summed E-state index contributed by atoms with van der Waals surface area (Å²) in [5.74, 6) is 0.0411. The van der Waals surface area contributed by atoms with Crippen molar-refractivity contribution in [3.05, 3.63) is 77.5 Å². The SMILES string of the molecule is COc1c(C(=O)NCc2ccccc2)nnn1Cc1ccccc1. The van der Waals surface area contributed by atoms with Crippen LogP contribution in [-0.4, -0.2) is 28.0 Å². The highest BCUT2D eigenvalue weighted by atomic mass is 16.5. The molecule has 0 aliphatic heterocycles. The summed E-state index contributed by atoms with van der Waals surface area (Å²) in [5, 5.41) is 10.8. The fourth-order valence-corrected chi connectivity index (χ4v) is 2.37. The molecule has 0 aliphatic carbocycles. The van der Waals surface area contributed by atoms with E-state index < -0.39 is 0 Å². The van der Waals surface area contributed by atoms with E-state index in [0.717, 1.165) is 11.1 Å². The second kappa shape index (κ2) is 7.41. The van der Waals surface area contributed by atoms with Crippen molar-refractivity contribution in [2.75, 3.05) is 7.11 Å². The van der Waals surface area contributed by atoms with Gasteiger partial charge >= 0.3 is 0 Å². The largest absolute Gasteiger partial charge is 0.479 e. The summed E-state index contributed by atoms with van der Waals surface area (Å²) in [6.45, 7) is 0.914. The van der Waals surface area contributed by atoms with E-state index in [0.29, 0.717) is 19.0 Å². The van der Waals surface area contributed by atoms with Gasteiger partial charge in [0.2, 0.25) is 11.6 Å². The van der Waals surface area contributed by atoms with Crippen LogP contribution in [-0.2, 0) is 13.1 Å². The number of ether oxygens (including phenoxy) is 1. The van der Waals surface area contributed by atoms with E-state index >= 15 is 0 Å². The molecule has 0 atom stereocenters. The van der Waals surface area contributed by atoms with Crippen molar-refractivity contribution < 1.29 is 9.53 Å². The molecule has 1 heterocycles. The third-order valence-corrected chi connectivity index (χ3v) is 3.57.